The van der Waals surface area contributed by atoms with Gasteiger partial charge in [-0.1, -0.05) is 71.1 Å². The molecule has 0 aliphatic heterocycles. The van der Waals surface area contributed by atoms with Crippen molar-refractivity contribution in [3.8, 4) is 16.9 Å². The lowest BCUT2D eigenvalue weighted by Gasteiger charge is -2.00. The first-order valence-electron chi connectivity index (χ1n) is 11.1. The van der Waals surface area contributed by atoms with Gasteiger partial charge in [-0.05, 0) is 54.1 Å². The maximum Gasteiger partial charge on any atom is 0.250 e. The van der Waals surface area contributed by atoms with Crippen LogP contribution in [0.4, 0.5) is 9.52 Å². The van der Waals surface area contributed by atoms with Crippen molar-refractivity contribution in [1.82, 2.24) is 20.0 Å². The lowest BCUT2D eigenvalue weighted by Crippen LogP contribution is -2.07. The van der Waals surface area contributed by atoms with Crippen LogP contribution in [0.5, 0.6) is 0 Å². The molecule has 5 aromatic rings. The molecule has 0 radical (unpaired) electrons. The van der Waals surface area contributed by atoms with E-state index in [0.717, 1.165) is 21.2 Å². The highest BCUT2D eigenvalue weighted by molar-refractivity contribution is 8.00. The van der Waals surface area contributed by atoms with E-state index in [1.165, 1.54) is 41.3 Å². The van der Waals surface area contributed by atoms with E-state index >= 15 is 0 Å². The minimum atomic E-state index is -0.351. The Labute approximate surface area is 225 Å². The van der Waals surface area contributed by atoms with Crippen LogP contribution in [0.2, 0.25) is 5.02 Å². The van der Waals surface area contributed by atoms with Gasteiger partial charge in [-0.15, -0.1) is 10.2 Å². The maximum absolute atomic E-state index is 13.5. The Morgan fingerprint density at radius 2 is 1.78 bits per heavy atom. The number of para-hydroxylation sites is 1. The van der Waals surface area contributed by atoms with Gasteiger partial charge in [0.2, 0.25) is 11.0 Å². The van der Waals surface area contributed by atoms with E-state index < -0.39 is 0 Å². The molecule has 10 heteroatoms. The lowest BCUT2D eigenvalue weighted by molar-refractivity contribution is -0.111. The number of anilines is 1. The highest BCUT2D eigenvalue weighted by atomic mass is 35.5. The van der Waals surface area contributed by atoms with Gasteiger partial charge in [-0.25, -0.2) is 9.07 Å². The summed E-state index contributed by atoms with van der Waals surface area (Å²) < 4.78 is 15.9. The van der Waals surface area contributed by atoms with E-state index in [1.54, 1.807) is 22.9 Å². The number of halogens is 2. The van der Waals surface area contributed by atoms with Crippen molar-refractivity contribution in [2.75, 3.05) is 5.32 Å². The number of thioether (sulfide) groups is 1. The van der Waals surface area contributed by atoms with Gasteiger partial charge >= 0.3 is 0 Å². The fraction of sp³-hybridized carbons (Fsp3) is 0.0370. The Kier molecular flexibility index (Phi) is 7.74. The van der Waals surface area contributed by atoms with Gasteiger partial charge in [0.05, 0.1) is 11.4 Å². The van der Waals surface area contributed by atoms with Crippen LogP contribution in [-0.2, 0) is 10.5 Å². The maximum atomic E-state index is 13.5. The number of nitrogens with zero attached hydrogens (tertiary/aromatic N) is 4. The molecule has 0 fully saturated rings. The Morgan fingerprint density at radius 1 is 1.03 bits per heavy atom. The average molecular weight is 548 g/mol. The number of hydrogen-bond donors (Lipinski definition) is 1. The molecule has 0 bridgehead atoms. The van der Waals surface area contributed by atoms with Crippen LogP contribution >= 0.6 is 34.7 Å². The van der Waals surface area contributed by atoms with Crippen LogP contribution < -0.4 is 5.32 Å². The first-order valence-corrected chi connectivity index (χ1v) is 13.3. The van der Waals surface area contributed by atoms with Gasteiger partial charge in [-0.3, -0.25) is 10.1 Å². The summed E-state index contributed by atoms with van der Waals surface area (Å²) in [5.41, 5.74) is 3.94. The summed E-state index contributed by atoms with van der Waals surface area (Å²) in [7, 11) is 0. The quantitative estimate of drug-likeness (QED) is 0.127. The minimum Gasteiger partial charge on any atom is -0.297 e. The number of carbonyl (C=O) groups is 1. The molecule has 1 N–H and O–H groups in total. The van der Waals surface area contributed by atoms with Crippen LogP contribution in [0.25, 0.3) is 23.0 Å². The smallest absolute Gasteiger partial charge is 0.250 e. The van der Waals surface area contributed by atoms with Crippen LogP contribution in [-0.4, -0.2) is 25.9 Å². The standard InChI is InChI=1S/C27H19ClFN5OS2/c28-23-9-5-4-6-20(23)17-36-27-32-31-26(37-27)30-24(35)15-12-19-16-34(22-7-2-1-3-8-22)33-25(19)18-10-13-21(29)14-11-18/h1-16H,17H2,(H,30,31,35). The first kappa shape index (κ1) is 24.9. The number of rotatable bonds is 8. The van der Waals surface area contributed by atoms with Gasteiger partial charge in [0.15, 0.2) is 4.34 Å². The van der Waals surface area contributed by atoms with Gasteiger partial charge in [0.1, 0.15) is 5.82 Å². The molecule has 0 aliphatic carbocycles. The summed E-state index contributed by atoms with van der Waals surface area (Å²) >= 11 is 9.00. The summed E-state index contributed by atoms with van der Waals surface area (Å²) in [6.07, 6.45) is 4.91. The van der Waals surface area contributed by atoms with E-state index in [4.69, 9.17) is 11.6 Å². The summed E-state index contributed by atoms with van der Waals surface area (Å²) in [4.78, 5) is 12.6. The van der Waals surface area contributed by atoms with Crippen molar-refractivity contribution in [2.45, 2.75) is 10.1 Å². The van der Waals surface area contributed by atoms with Crippen LogP contribution in [0, 0.1) is 5.82 Å². The summed E-state index contributed by atoms with van der Waals surface area (Å²) in [6.45, 7) is 0. The normalized spacial score (nSPS) is 11.2. The Morgan fingerprint density at radius 3 is 2.57 bits per heavy atom. The zero-order valence-corrected chi connectivity index (χ0v) is 21.6. The van der Waals surface area contributed by atoms with Crippen LogP contribution in [0.1, 0.15) is 11.1 Å². The van der Waals surface area contributed by atoms with Gasteiger partial charge in [-0.2, -0.15) is 5.10 Å². The molecule has 37 heavy (non-hydrogen) atoms. The topological polar surface area (TPSA) is 72.7 Å². The molecule has 2 aromatic heterocycles. The second-order valence-corrected chi connectivity index (χ2v) is 10.4. The molecule has 2 heterocycles. The molecule has 6 nitrogen and oxygen atoms in total. The third-order valence-corrected chi connectivity index (χ3v) is 7.63. The van der Waals surface area contributed by atoms with Gasteiger partial charge < -0.3 is 0 Å². The number of aromatic nitrogens is 4. The Bertz CT molecular complexity index is 1550. The fourth-order valence-electron chi connectivity index (χ4n) is 3.44. The SMILES string of the molecule is O=C(C=Cc1cn(-c2ccccc2)nc1-c1ccc(F)cc1)Nc1nnc(SCc2ccccc2Cl)s1. The van der Waals surface area contributed by atoms with E-state index in [-0.39, 0.29) is 11.7 Å². The fourth-order valence-corrected chi connectivity index (χ4v) is 5.48. The molecule has 0 spiro atoms. The summed E-state index contributed by atoms with van der Waals surface area (Å²) in [5, 5.41) is 16.7. The first-order chi connectivity index (χ1) is 18.0. The summed E-state index contributed by atoms with van der Waals surface area (Å²) in [6, 6.07) is 23.3. The minimum absolute atomic E-state index is 0.329. The van der Waals surface area contributed by atoms with Crippen molar-refractivity contribution in [3.63, 3.8) is 0 Å². The van der Waals surface area contributed by atoms with Crippen molar-refractivity contribution in [2.24, 2.45) is 0 Å². The highest BCUT2D eigenvalue weighted by Gasteiger charge is 2.12. The lowest BCUT2D eigenvalue weighted by atomic mass is 10.1. The van der Waals surface area contributed by atoms with Crippen molar-refractivity contribution in [1.29, 1.82) is 0 Å². The highest BCUT2D eigenvalue weighted by Crippen LogP contribution is 2.30. The molecule has 0 aliphatic rings. The van der Waals surface area contributed by atoms with E-state index in [2.05, 4.69) is 20.6 Å². The number of amides is 1. The Hall–Kier alpha value is -3.79. The second kappa shape index (κ2) is 11.5. The molecule has 5 rings (SSSR count). The van der Waals surface area contributed by atoms with Crippen molar-refractivity contribution < 1.29 is 9.18 Å². The zero-order valence-electron chi connectivity index (χ0n) is 19.2. The monoisotopic (exact) mass is 547 g/mol. The van der Waals surface area contributed by atoms with Gasteiger partial charge in [0, 0.05) is 34.2 Å². The third-order valence-electron chi connectivity index (χ3n) is 5.24. The van der Waals surface area contributed by atoms with E-state index in [1.807, 2.05) is 60.8 Å². The largest absolute Gasteiger partial charge is 0.297 e. The molecule has 0 saturated heterocycles. The van der Waals surface area contributed by atoms with Crippen molar-refractivity contribution >= 4 is 51.8 Å². The molecule has 1 amide bonds. The summed E-state index contributed by atoms with van der Waals surface area (Å²) in [5.74, 6) is -0.0276. The molecule has 184 valence electrons. The number of hydrogen-bond acceptors (Lipinski definition) is 6. The second-order valence-electron chi connectivity index (χ2n) is 7.80. The molecule has 3 aromatic carbocycles. The Balaban J connectivity index is 1.30. The predicted octanol–water partition coefficient (Wildman–Crippen LogP) is 7.13. The number of benzene rings is 3. The molecule has 0 saturated carbocycles. The van der Waals surface area contributed by atoms with E-state index in [0.29, 0.717) is 27.2 Å². The number of carbonyl (C=O) groups excluding carboxylic acids is 1. The molecule has 0 unspecified atom stereocenters. The van der Waals surface area contributed by atoms with Crippen LogP contribution in [0.3, 0.4) is 0 Å². The zero-order chi connectivity index (χ0) is 25.6. The predicted molar refractivity (Wildman–Crippen MR) is 148 cm³/mol. The van der Waals surface area contributed by atoms with Gasteiger partial charge in [0.25, 0.3) is 0 Å². The average Bonchev–Trinajstić information content (AvgIpc) is 3.55. The molecular formula is C27H19ClFN5OS2. The number of nitrogens with one attached hydrogen (secondary N) is 1. The molecule has 0 atom stereocenters. The van der Waals surface area contributed by atoms with E-state index in [9.17, 15) is 9.18 Å². The van der Waals surface area contributed by atoms with Crippen molar-refractivity contribution in [3.05, 3.63) is 113 Å². The van der Waals surface area contributed by atoms with Crippen LogP contribution in [0.15, 0.2) is 95.5 Å². The molecular weight excluding hydrogens is 529 g/mol. The third kappa shape index (κ3) is 6.32.